The van der Waals surface area contributed by atoms with Crippen LogP contribution in [0.2, 0.25) is 16.6 Å². The average molecular weight is 466 g/mol. The van der Waals surface area contributed by atoms with Crippen LogP contribution in [0.4, 0.5) is 0 Å². The minimum absolute atomic E-state index is 0.199. The van der Waals surface area contributed by atoms with Crippen molar-refractivity contribution in [2.45, 2.75) is 95.5 Å². The van der Waals surface area contributed by atoms with Crippen molar-refractivity contribution in [2.24, 2.45) is 0 Å². The van der Waals surface area contributed by atoms with Gasteiger partial charge in [-0.25, -0.2) is 8.42 Å². The second-order valence-corrected chi connectivity index (χ2v) is 17.0. The molecule has 1 aromatic carbocycles. The van der Waals surface area contributed by atoms with E-state index in [-0.39, 0.29) is 16.8 Å². The van der Waals surface area contributed by atoms with Crippen molar-refractivity contribution in [3.05, 3.63) is 42.0 Å². The van der Waals surface area contributed by atoms with Gasteiger partial charge in [-0.1, -0.05) is 65.8 Å². The summed E-state index contributed by atoms with van der Waals surface area (Å²) in [6, 6.07) is 6.16. The Morgan fingerprint density at radius 3 is 1.97 bits per heavy atom. The van der Waals surface area contributed by atoms with Crippen molar-refractivity contribution in [1.82, 2.24) is 4.31 Å². The second-order valence-electron chi connectivity index (χ2n) is 9.72. The summed E-state index contributed by atoms with van der Waals surface area (Å²) in [6.07, 6.45) is 0.193. The summed E-state index contributed by atoms with van der Waals surface area (Å²) in [7, 11) is -6.04. The zero-order valence-electron chi connectivity index (χ0n) is 20.3. The summed E-state index contributed by atoms with van der Waals surface area (Å²) in [6.45, 7) is 20.9. The monoisotopic (exact) mass is 465 g/mol. The van der Waals surface area contributed by atoms with Crippen LogP contribution < -0.4 is 0 Å². The normalized spacial score (nSPS) is 20.7. The quantitative estimate of drug-likeness (QED) is 0.359. The Balaban J connectivity index is 2.52. The van der Waals surface area contributed by atoms with Gasteiger partial charge in [0.05, 0.1) is 17.0 Å². The largest absolute Gasteiger partial charge is 0.411 e. The first kappa shape index (κ1) is 26.0. The third-order valence-electron chi connectivity index (χ3n) is 6.80. The van der Waals surface area contributed by atoms with E-state index in [0.29, 0.717) is 35.2 Å². The number of hydrogen-bond donors (Lipinski definition) is 0. The predicted octanol–water partition coefficient (Wildman–Crippen LogP) is 5.46. The fourth-order valence-electron chi connectivity index (χ4n) is 5.25. The van der Waals surface area contributed by atoms with E-state index in [4.69, 9.17) is 4.43 Å². The molecule has 0 bridgehead atoms. The van der Waals surface area contributed by atoms with Gasteiger partial charge in [0.2, 0.25) is 18.3 Å². The molecule has 0 aromatic heterocycles. The molecule has 0 amide bonds. The number of carbonyl (C=O) groups is 1. The summed E-state index contributed by atoms with van der Waals surface area (Å²) >= 11 is 0. The molecule has 0 unspecified atom stereocenters. The van der Waals surface area contributed by atoms with Crippen LogP contribution in [0.5, 0.6) is 0 Å². The zero-order chi connectivity index (χ0) is 23.7. The van der Waals surface area contributed by atoms with E-state index in [1.807, 2.05) is 6.92 Å². The molecule has 1 aliphatic heterocycles. The molecule has 5 nitrogen and oxygen atoms in total. The van der Waals surface area contributed by atoms with E-state index in [0.717, 1.165) is 5.56 Å². The zero-order valence-corrected chi connectivity index (χ0v) is 22.1. The van der Waals surface area contributed by atoms with Gasteiger partial charge in [-0.05, 0) is 49.0 Å². The minimum atomic E-state index is -3.78. The summed E-state index contributed by atoms with van der Waals surface area (Å²) < 4.78 is 35.5. The average Bonchev–Trinajstić information content (AvgIpc) is 3.08. The van der Waals surface area contributed by atoms with Crippen LogP contribution in [0.15, 0.2) is 41.3 Å². The van der Waals surface area contributed by atoms with Gasteiger partial charge in [-0.2, -0.15) is 4.31 Å². The number of rotatable bonds is 9. The van der Waals surface area contributed by atoms with Gasteiger partial charge < -0.3 is 4.43 Å². The molecule has 1 saturated heterocycles. The fraction of sp³-hybridized carbons (Fsp3) is 0.625. The van der Waals surface area contributed by atoms with E-state index < -0.39 is 24.4 Å². The topological polar surface area (TPSA) is 63.7 Å². The Morgan fingerprint density at radius 2 is 1.55 bits per heavy atom. The van der Waals surface area contributed by atoms with E-state index >= 15 is 0 Å². The Kier molecular flexibility index (Phi) is 8.12. The van der Waals surface area contributed by atoms with Crippen LogP contribution in [0.3, 0.4) is 0 Å². The van der Waals surface area contributed by atoms with Gasteiger partial charge in [0.25, 0.3) is 0 Å². The number of ketones is 1. The molecule has 7 heteroatoms. The second kappa shape index (κ2) is 9.69. The summed E-state index contributed by atoms with van der Waals surface area (Å²) in [5.74, 6) is -0.199. The molecule has 174 valence electrons. The lowest BCUT2D eigenvalue weighted by Crippen LogP contribution is -2.53. The maximum atomic E-state index is 13.5. The highest BCUT2D eigenvalue weighted by Gasteiger charge is 2.52. The van der Waals surface area contributed by atoms with E-state index in [1.165, 1.54) is 11.2 Å². The van der Waals surface area contributed by atoms with Crippen molar-refractivity contribution in [1.29, 1.82) is 0 Å². The van der Waals surface area contributed by atoms with Crippen molar-refractivity contribution < 1.29 is 17.6 Å². The molecular formula is C24H39NO4SSi. The molecule has 1 aliphatic rings. The summed E-state index contributed by atoms with van der Waals surface area (Å²) in [4.78, 5) is 12.6. The lowest BCUT2D eigenvalue weighted by atomic mass is 10.0. The standard InChI is InChI=1S/C24H39NO4SSi/c1-16(2)31(17(3)4,18(5)6)29-23-14-15-25(24(23)20(8)21(9)26)30(27,28)22-12-10-19(7)11-13-22/h10-13,16-18,23-24H,8,14-15H2,1-7,9H3/t23-,24+/m0/s1. The smallest absolute Gasteiger partial charge is 0.243 e. The number of aryl methyl sites for hydroxylation is 1. The number of hydrogen-bond acceptors (Lipinski definition) is 4. The van der Waals surface area contributed by atoms with Gasteiger partial charge in [0, 0.05) is 12.1 Å². The van der Waals surface area contributed by atoms with Crippen LogP contribution in [0.25, 0.3) is 0 Å². The minimum Gasteiger partial charge on any atom is -0.411 e. The Bertz CT molecular complexity index is 884. The molecule has 1 fully saturated rings. The third-order valence-corrected chi connectivity index (χ3v) is 14.8. The van der Waals surface area contributed by atoms with Gasteiger partial charge in [-0.3, -0.25) is 4.79 Å². The number of carbonyl (C=O) groups excluding carboxylic acids is 1. The third kappa shape index (κ3) is 4.89. The maximum absolute atomic E-state index is 13.5. The molecular weight excluding hydrogens is 426 g/mol. The summed E-state index contributed by atoms with van der Waals surface area (Å²) in [5.41, 5.74) is 2.38. The molecule has 2 rings (SSSR count). The first-order valence-electron chi connectivity index (χ1n) is 11.2. The number of nitrogens with zero attached hydrogens (tertiary/aromatic N) is 1. The lowest BCUT2D eigenvalue weighted by Gasteiger charge is -2.45. The molecule has 0 saturated carbocycles. The van der Waals surface area contributed by atoms with E-state index in [1.54, 1.807) is 24.3 Å². The molecule has 1 heterocycles. The SMILES string of the molecule is C=C(C(C)=O)[C@@H]1[C@@H](O[Si](C(C)C)(C(C)C)C(C)C)CCN1S(=O)(=O)c1ccc(C)cc1. The molecule has 0 N–H and O–H groups in total. The van der Waals surface area contributed by atoms with Crippen LogP contribution in [-0.4, -0.2) is 45.5 Å². The Labute approximate surface area is 190 Å². The number of Topliss-reactive ketones (excluding diaryl/α,β-unsaturated/α-hetero) is 1. The molecule has 2 atom stereocenters. The van der Waals surface area contributed by atoms with Crippen molar-refractivity contribution in [3.8, 4) is 0 Å². The first-order chi connectivity index (χ1) is 14.3. The lowest BCUT2D eigenvalue weighted by molar-refractivity contribution is -0.114. The molecule has 31 heavy (non-hydrogen) atoms. The molecule has 0 radical (unpaired) electrons. The molecule has 0 aliphatic carbocycles. The van der Waals surface area contributed by atoms with E-state index in [9.17, 15) is 13.2 Å². The van der Waals surface area contributed by atoms with Gasteiger partial charge in [0.15, 0.2) is 5.78 Å². The highest BCUT2D eigenvalue weighted by Crippen LogP contribution is 2.45. The van der Waals surface area contributed by atoms with Crippen molar-refractivity contribution in [3.63, 3.8) is 0 Å². The first-order valence-corrected chi connectivity index (χ1v) is 14.8. The van der Waals surface area contributed by atoms with Crippen molar-refractivity contribution >= 4 is 24.1 Å². The molecule has 1 aromatic rings. The molecule has 0 spiro atoms. The van der Waals surface area contributed by atoms with Gasteiger partial charge >= 0.3 is 0 Å². The van der Waals surface area contributed by atoms with Gasteiger partial charge in [-0.15, -0.1) is 0 Å². The predicted molar refractivity (Wildman–Crippen MR) is 129 cm³/mol. The van der Waals surface area contributed by atoms with Crippen LogP contribution in [-0.2, 0) is 19.2 Å². The Hall–Kier alpha value is -1.28. The van der Waals surface area contributed by atoms with E-state index in [2.05, 4.69) is 48.1 Å². The summed E-state index contributed by atoms with van der Waals surface area (Å²) in [5, 5.41) is 0. The van der Waals surface area contributed by atoms with Crippen LogP contribution in [0.1, 0.15) is 60.5 Å². The van der Waals surface area contributed by atoms with Crippen LogP contribution in [0, 0.1) is 6.92 Å². The fourth-order valence-corrected chi connectivity index (χ4v) is 12.5. The van der Waals surface area contributed by atoms with Gasteiger partial charge in [0.1, 0.15) is 0 Å². The number of benzene rings is 1. The van der Waals surface area contributed by atoms with Crippen LogP contribution >= 0.6 is 0 Å². The number of sulfonamides is 1. The van der Waals surface area contributed by atoms with Crippen molar-refractivity contribution in [2.75, 3.05) is 6.54 Å². The maximum Gasteiger partial charge on any atom is 0.243 e. The highest BCUT2D eigenvalue weighted by atomic mass is 32.2. The Morgan fingerprint density at radius 1 is 1.06 bits per heavy atom. The highest BCUT2D eigenvalue weighted by molar-refractivity contribution is 7.89.